The smallest absolute Gasteiger partial charge is 0.295 e. The number of hydrogen-bond donors (Lipinski definition) is 0. The summed E-state index contributed by atoms with van der Waals surface area (Å²) in [4.78, 5) is 13.7. The molecule has 7 nitrogen and oxygen atoms in total. The molecular weight excluding hydrogens is 460 g/mol. The third-order valence-corrected chi connectivity index (χ3v) is 7.94. The molecule has 0 unspecified atom stereocenters. The topological polar surface area (TPSA) is 76.2 Å². The van der Waals surface area contributed by atoms with Gasteiger partial charge in [-0.05, 0) is 36.4 Å². The Morgan fingerprint density at radius 2 is 1.77 bits per heavy atom. The zero-order valence-electron chi connectivity index (χ0n) is 17.4. The number of carbonyl (C=O) groups excluding carboxylic acids is 1. The largest absolute Gasteiger partial charge is 0.456 e. The predicted molar refractivity (Wildman–Crippen MR) is 123 cm³/mol. The van der Waals surface area contributed by atoms with E-state index in [1.54, 1.807) is 36.0 Å². The molecule has 0 bridgehead atoms. The van der Waals surface area contributed by atoms with E-state index in [9.17, 15) is 13.2 Å². The summed E-state index contributed by atoms with van der Waals surface area (Å²) in [6, 6.07) is 12.4. The molecule has 10 heteroatoms. The Kier molecular flexibility index (Phi) is 8.10. The number of nitrogens with zero attached hydrogens (tertiary/aromatic N) is 2. The van der Waals surface area contributed by atoms with Crippen molar-refractivity contribution < 1.29 is 22.7 Å². The number of carbonyl (C=O) groups is 1. The van der Waals surface area contributed by atoms with Crippen LogP contribution in [0, 0.1) is 0 Å². The monoisotopic (exact) mass is 484 g/mol. The second kappa shape index (κ2) is 10.6. The average molecular weight is 485 g/mol. The number of ether oxygens (including phenoxy) is 2. The number of piperazine rings is 1. The molecule has 1 aliphatic rings. The van der Waals surface area contributed by atoms with Gasteiger partial charge in [-0.2, -0.15) is 4.31 Å². The van der Waals surface area contributed by atoms with Crippen molar-refractivity contribution in [2.75, 3.05) is 37.9 Å². The molecule has 3 rings (SSSR count). The second-order valence-electron chi connectivity index (χ2n) is 7.17. The Labute approximate surface area is 192 Å². The zero-order chi connectivity index (χ0) is 22.4. The molecule has 2 aromatic rings. The van der Waals surface area contributed by atoms with Crippen LogP contribution in [-0.2, 0) is 19.6 Å². The normalized spacial score (nSPS) is 15.2. The van der Waals surface area contributed by atoms with Gasteiger partial charge in [0.05, 0.1) is 9.92 Å². The van der Waals surface area contributed by atoms with Gasteiger partial charge < -0.3 is 14.4 Å². The van der Waals surface area contributed by atoms with E-state index in [1.807, 2.05) is 18.2 Å². The van der Waals surface area contributed by atoms with Crippen molar-refractivity contribution in [3.8, 4) is 5.75 Å². The maximum atomic E-state index is 13.0. The molecule has 0 aromatic heterocycles. The lowest BCUT2D eigenvalue weighted by molar-refractivity contribution is -0.134. The Hall–Kier alpha value is -1.94. The number of rotatable bonds is 9. The summed E-state index contributed by atoms with van der Waals surface area (Å²) in [7, 11) is -3.54. The third-order valence-electron chi connectivity index (χ3n) is 4.70. The lowest BCUT2D eigenvalue weighted by Crippen LogP contribution is -2.48. The third kappa shape index (κ3) is 6.06. The van der Waals surface area contributed by atoms with Gasteiger partial charge in [0.15, 0.2) is 0 Å². The number of thioether (sulfide) groups is 1. The first-order valence-corrected chi connectivity index (χ1v) is 12.5. The minimum atomic E-state index is -3.54. The van der Waals surface area contributed by atoms with E-state index in [4.69, 9.17) is 16.3 Å². The minimum absolute atomic E-state index is 0.229. The molecule has 0 N–H and O–H groups in total. The molecule has 0 spiro atoms. The fraction of sp³-hybridized carbons (Fsp3) is 0.381. The van der Waals surface area contributed by atoms with Crippen molar-refractivity contribution in [2.45, 2.75) is 28.9 Å². The molecule has 0 atom stereocenters. The van der Waals surface area contributed by atoms with E-state index in [0.29, 0.717) is 53.6 Å². The van der Waals surface area contributed by atoms with Crippen molar-refractivity contribution in [3.63, 3.8) is 0 Å². The van der Waals surface area contributed by atoms with E-state index >= 15 is 0 Å². The van der Waals surface area contributed by atoms with Gasteiger partial charge in [0, 0.05) is 48.1 Å². The van der Waals surface area contributed by atoms with E-state index in [1.165, 1.54) is 4.31 Å². The molecule has 0 aliphatic carbocycles. The fourth-order valence-corrected chi connectivity index (χ4v) is 5.65. The van der Waals surface area contributed by atoms with Crippen molar-refractivity contribution in [3.05, 3.63) is 47.5 Å². The first-order chi connectivity index (χ1) is 14.8. The van der Waals surface area contributed by atoms with Crippen LogP contribution < -0.4 is 9.64 Å². The summed E-state index contributed by atoms with van der Waals surface area (Å²) in [6.07, 6.45) is 0. The quantitative estimate of drug-likeness (QED) is 0.231. The lowest BCUT2D eigenvalue weighted by Gasteiger charge is -2.35. The molecule has 0 amide bonds. The van der Waals surface area contributed by atoms with Gasteiger partial charge >= 0.3 is 0 Å². The van der Waals surface area contributed by atoms with E-state index in [-0.39, 0.29) is 6.79 Å². The molecule has 31 heavy (non-hydrogen) atoms. The second-order valence-corrected chi connectivity index (χ2v) is 11.2. The van der Waals surface area contributed by atoms with Crippen LogP contribution in [0.5, 0.6) is 5.75 Å². The summed E-state index contributed by atoms with van der Waals surface area (Å²) in [5.41, 5.74) is 0.859. The molecule has 168 valence electrons. The highest BCUT2D eigenvalue weighted by molar-refractivity contribution is 7.99. The van der Waals surface area contributed by atoms with E-state index in [2.05, 4.69) is 23.5 Å². The van der Waals surface area contributed by atoms with Gasteiger partial charge in [-0.3, -0.25) is 4.79 Å². The number of hydrogen-bond acceptors (Lipinski definition) is 7. The number of benzene rings is 2. The van der Waals surface area contributed by atoms with Gasteiger partial charge in [0.25, 0.3) is 6.47 Å². The summed E-state index contributed by atoms with van der Waals surface area (Å²) in [5, 5.41) is 0.838. The van der Waals surface area contributed by atoms with E-state index < -0.39 is 10.0 Å². The summed E-state index contributed by atoms with van der Waals surface area (Å²) in [6.45, 7) is 6.09. The summed E-state index contributed by atoms with van der Waals surface area (Å²) >= 11 is 7.83. The Bertz CT molecular complexity index is 991. The number of anilines is 1. The molecule has 0 saturated carbocycles. The van der Waals surface area contributed by atoms with Crippen LogP contribution in [0.15, 0.2) is 52.3 Å². The standard InChI is InChI=1S/C21H25ClN2O5S2/c1-16(2)30-18-4-6-19(7-5-18)31(26,27)24-11-9-23(10-12-24)17-3-8-20(22)21(13-17)29-15-28-14-25/h3-8,13-14,16H,9-12,15H2,1-2H3. The van der Waals surface area contributed by atoms with Crippen LogP contribution in [0.2, 0.25) is 5.02 Å². The molecule has 1 aliphatic heterocycles. The first kappa shape index (κ1) is 23.7. The Morgan fingerprint density at radius 3 is 2.39 bits per heavy atom. The highest BCUT2D eigenvalue weighted by Gasteiger charge is 2.28. The minimum Gasteiger partial charge on any atom is -0.456 e. The van der Waals surface area contributed by atoms with Crippen LogP contribution in [0.4, 0.5) is 5.69 Å². The maximum Gasteiger partial charge on any atom is 0.295 e. The van der Waals surface area contributed by atoms with Gasteiger partial charge in [-0.15, -0.1) is 11.8 Å². The molecular formula is C21H25ClN2O5S2. The molecule has 1 saturated heterocycles. The lowest BCUT2D eigenvalue weighted by atomic mass is 10.2. The van der Waals surface area contributed by atoms with Crippen LogP contribution in [-0.4, -0.2) is 57.4 Å². The highest BCUT2D eigenvalue weighted by atomic mass is 35.5. The fourth-order valence-electron chi connectivity index (χ4n) is 3.22. The van der Waals surface area contributed by atoms with Crippen molar-refractivity contribution >= 4 is 45.5 Å². The van der Waals surface area contributed by atoms with Crippen LogP contribution in [0.1, 0.15) is 13.8 Å². The van der Waals surface area contributed by atoms with Crippen molar-refractivity contribution in [1.29, 1.82) is 0 Å². The molecule has 1 fully saturated rings. The first-order valence-electron chi connectivity index (χ1n) is 9.80. The zero-order valence-corrected chi connectivity index (χ0v) is 19.8. The Balaban J connectivity index is 1.64. The van der Waals surface area contributed by atoms with Crippen molar-refractivity contribution in [2.24, 2.45) is 0 Å². The number of sulfonamides is 1. The molecule has 2 aromatic carbocycles. The van der Waals surface area contributed by atoms with Crippen molar-refractivity contribution in [1.82, 2.24) is 4.31 Å². The average Bonchev–Trinajstić information content (AvgIpc) is 2.75. The van der Waals surface area contributed by atoms with Crippen LogP contribution in [0.3, 0.4) is 0 Å². The predicted octanol–water partition coefficient (Wildman–Crippen LogP) is 3.86. The summed E-state index contributed by atoms with van der Waals surface area (Å²) < 4.78 is 37.5. The SMILES string of the molecule is CC(C)Sc1ccc(S(=O)(=O)N2CCN(c3ccc(Cl)c(OCOC=O)c3)CC2)cc1. The van der Waals surface area contributed by atoms with Crippen LogP contribution >= 0.6 is 23.4 Å². The molecule has 1 heterocycles. The van der Waals surface area contributed by atoms with E-state index in [0.717, 1.165) is 10.6 Å². The van der Waals surface area contributed by atoms with Gasteiger partial charge in [-0.25, -0.2) is 8.42 Å². The summed E-state index contributed by atoms with van der Waals surface area (Å²) in [5.74, 6) is 0.399. The molecule has 0 radical (unpaired) electrons. The highest BCUT2D eigenvalue weighted by Crippen LogP contribution is 2.31. The Morgan fingerprint density at radius 1 is 1.10 bits per heavy atom. The van der Waals surface area contributed by atoms with Gasteiger partial charge in [0.2, 0.25) is 16.8 Å². The van der Waals surface area contributed by atoms with Gasteiger partial charge in [0.1, 0.15) is 5.75 Å². The van der Waals surface area contributed by atoms with Crippen LogP contribution in [0.25, 0.3) is 0 Å². The number of halogens is 1. The maximum absolute atomic E-state index is 13.0. The van der Waals surface area contributed by atoms with Gasteiger partial charge in [-0.1, -0.05) is 25.4 Å².